The molecular weight excluding hydrogens is 359 g/mol. The van der Waals surface area contributed by atoms with Crippen molar-refractivity contribution in [1.29, 1.82) is 0 Å². The Labute approximate surface area is 153 Å². The zero-order chi connectivity index (χ0) is 19.4. The quantitative estimate of drug-likeness (QED) is 0.688. The van der Waals surface area contributed by atoms with Crippen LogP contribution in [0.5, 0.6) is 0 Å². The number of hydrogen-bond acceptors (Lipinski definition) is 4. The SMILES string of the molecule is CN(Cc1ccccc1)C(=O)Cn1nnc(-c2cccc(C(F)(F)F)c2)n1. The summed E-state index contributed by atoms with van der Waals surface area (Å²) in [5, 5.41) is 11.5. The van der Waals surface area contributed by atoms with Gasteiger partial charge in [0.25, 0.3) is 0 Å². The number of rotatable bonds is 5. The maximum absolute atomic E-state index is 12.8. The van der Waals surface area contributed by atoms with Gasteiger partial charge in [-0.3, -0.25) is 4.79 Å². The predicted octanol–water partition coefficient (Wildman–Crippen LogP) is 3.02. The van der Waals surface area contributed by atoms with E-state index in [-0.39, 0.29) is 23.8 Å². The summed E-state index contributed by atoms with van der Waals surface area (Å²) in [6.45, 7) is 0.268. The Morgan fingerprint density at radius 1 is 1.11 bits per heavy atom. The van der Waals surface area contributed by atoms with Crippen LogP contribution in [0.25, 0.3) is 11.4 Å². The Balaban J connectivity index is 1.68. The third-order valence-corrected chi connectivity index (χ3v) is 3.87. The van der Waals surface area contributed by atoms with E-state index in [0.717, 1.165) is 22.5 Å². The average Bonchev–Trinajstić information content (AvgIpc) is 3.10. The summed E-state index contributed by atoms with van der Waals surface area (Å²) in [4.78, 5) is 14.9. The maximum atomic E-state index is 12.8. The standard InChI is InChI=1S/C18H16F3N5O/c1-25(11-13-6-3-2-4-7-13)16(27)12-26-23-17(22-24-26)14-8-5-9-15(10-14)18(19,20)21/h2-10H,11-12H2,1H3. The first-order valence-corrected chi connectivity index (χ1v) is 8.06. The lowest BCUT2D eigenvalue weighted by Crippen LogP contribution is -2.30. The van der Waals surface area contributed by atoms with E-state index >= 15 is 0 Å². The fourth-order valence-electron chi connectivity index (χ4n) is 2.45. The molecule has 0 fully saturated rings. The van der Waals surface area contributed by atoms with Crippen molar-refractivity contribution in [3.8, 4) is 11.4 Å². The van der Waals surface area contributed by atoms with E-state index in [2.05, 4.69) is 15.4 Å². The molecule has 27 heavy (non-hydrogen) atoms. The van der Waals surface area contributed by atoms with Gasteiger partial charge in [0, 0.05) is 19.2 Å². The third-order valence-electron chi connectivity index (χ3n) is 3.87. The molecule has 140 valence electrons. The molecule has 2 aromatic carbocycles. The van der Waals surface area contributed by atoms with Crippen molar-refractivity contribution in [2.24, 2.45) is 0 Å². The van der Waals surface area contributed by atoms with E-state index < -0.39 is 11.7 Å². The zero-order valence-corrected chi connectivity index (χ0v) is 14.4. The molecule has 9 heteroatoms. The molecule has 0 saturated heterocycles. The number of benzene rings is 2. The molecule has 3 rings (SSSR count). The number of carbonyl (C=O) groups is 1. The zero-order valence-electron chi connectivity index (χ0n) is 14.4. The van der Waals surface area contributed by atoms with E-state index in [9.17, 15) is 18.0 Å². The highest BCUT2D eigenvalue weighted by Crippen LogP contribution is 2.31. The Hall–Kier alpha value is -3.23. The van der Waals surface area contributed by atoms with Crippen molar-refractivity contribution in [2.45, 2.75) is 19.3 Å². The number of aromatic nitrogens is 4. The molecule has 0 radical (unpaired) electrons. The van der Waals surface area contributed by atoms with Gasteiger partial charge >= 0.3 is 6.18 Å². The van der Waals surface area contributed by atoms with Crippen LogP contribution in [0.1, 0.15) is 11.1 Å². The van der Waals surface area contributed by atoms with Crippen molar-refractivity contribution in [3.05, 3.63) is 65.7 Å². The lowest BCUT2D eigenvalue weighted by Gasteiger charge is -2.16. The van der Waals surface area contributed by atoms with E-state index in [1.165, 1.54) is 17.0 Å². The summed E-state index contributed by atoms with van der Waals surface area (Å²) in [6, 6.07) is 14.1. The van der Waals surface area contributed by atoms with Crippen molar-refractivity contribution in [1.82, 2.24) is 25.1 Å². The smallest absolute Gasteiger partial charge is 0.340 e. The summed E-state index contributed by atoms with van der Waals surface area (Å²) in [5.74, 6) is -0.216. The molecule has 0 bridgehead atoms. The van der Waals surface area contributed by atoms with E-state index in [0.29, 0.717) is 6.54 Å². The first-order chi connectivity index (χ1) is 12.8. The van der Waals surface area contributed by atoms with Gasteiger partial charge in [0.15, 0.2) is 0 Å². The Morgan fingerprint density at radius 2 is 1.85 bits per heavy atom. The monoisotopic (exact) mass is 375 g/mol. The van der Waals surface area contributed by atoms with Crippen LogP contribution in [-0.2, 0) is 24.1 Å². The molecule has 0 aliphatic carbocycles. The van der Waals surface area contributed by atoms with E-state index in [4.69, 9.17) is 0 Å². The van der Waals surface area contributed by atoms with Crippen LogP contribution in [0.15, 0.2) is 54.6 Å². The van der Waals surface area contributed by atoms with Gasteiger partial charge in [-0.15, -0.1) is 10.2 Å². The second-order valence-corrected chi connectivity index (χ2v) is 5.96. The molecule has 0 aliphatic rings. The maximum Gasteiger partial charge on any atom is 0.416 e. The third kappa shape index (κ3) is 4.69. The number of nitrogens with zero attached hydrogens (tertiary/aromatic N) is 5. The number of amides is 1. The predicted molar refractivity (Wildman–Crippen MR) is 91.2 cm³/mol. The van der Waals surface area contributed by atoms with E-state index in [1.807, 2.05) is 30.3 Å². The molecule has 0 spiro atoms. The molecule has 1 heterocycles. The molecule has 3 aromatic rings. The number of carbonyl (C=O) groups excluding carboxylic acids is 1. The summed E-state index contributed by atoms with van der Waals surface area (Å²) in [7, 11) is 1.65. The molecule has 0 unspecified atom stereocenters. The van der Waals surface area contributed by atoms with Gasteiger partial charge < -0.3 is 4.90 Å². The summed E-state index contributed by atoms with van der Waals surface area (Å²) in [5.41, 5.74) is 0.362. The van der Waals surface area contributed by atoms with Crippen molar-refractivity contribution in [3.63, 3.8) is 0 Å². The first-order valence-electron chi connectivity index (χ1n) is 8.06. The second-order valence-electron chi connectivity index (χ2n) is 5.96. The molecule has 0 aliphatic heterocycles. The lowest BCUT2D eigenvalue weighted by atomic mass is 10.1. The second kappa shape index (κ2) is 7.56. The highest BCUT2D eigenvalue weighted by Gasteiger charge is 2.30. The fourth-order valence-corrected chi connectivity index (χ4v) is 2.45. The molecule has 1 aromatic heterocycles. The molecular formula is C18H16F3N5O. The van der Waals surface area contributed by atoms with Crippen molar-refractivity contribution < 1.29 is 18.0 Å². The number of halogens is 3. The molecule has 0 atom stereocenters. The highest BCUT2D eigenvalue weighted by molar-refractivity contribution is 5.75. The van der Waals surface area contributed by atoms with Crippen LogP contribution >= 0.6 is 0 Å². The van der Waals surface area contributed by atoms with Gasteiger partial charge in [-0.2, -0.15) is 18.0 Å². The van der Waals surface area contributed by atoms with Crippen LogP contribution in [0.2, 0.25) is 0 Å². The van der Waals surface area contributed by atoms with Crippen molar-refractivity contribution in [2.75, 3.05) is 7.05 Å². The average molecular weight is 375 g/mol. The molecule has 1 amide bonds. The van der Waals surface area contributed by atoms with Crippen LogP contribution in [0.4, 0.5) is 13.2 Å². The Kier molecular flexibility index (Phi) is 5.20. The molecule has 6 nitrogen and oxygen atoms in total. The number of likely N-dealkylation sites (N-methyl/N-ethyl adjacent to an activating group) is 1. The van der Waals surface area contributed by atoms with Crippen LogP contribution in [-0.4, -0.2) is 38.1 Å². The normalized spacial score (nSPS) is 11.4. The first kappa shape index (κ1) is 18.6. The Bertz CT molecular complexity index is 924. The van der Waals surface area contributed by atoms with Gasteiger partial charge in [0.1, 0.15) is 6.54 Å². The fraction of sp³-hybridized carbons (Fsp3) is 0.222. The van der Waals surface area contributed by atoms with Crippen LogP contribution in [0, 0.1) is 0 Å². The minimum atomic E-state index is -4.46. The summed E-state index contributed by atoms with van der Waals surface area (Å²) < 4.78 is 38.5. The summed E-state index contributed by atoms with van der Waals surface area (Å²) >= 11 is 0. The number of tetrazole rings is 1. The van der Waals surface area contributed by atoms with Crippen LogP contribution < -0.4 is 0 Å². The van der Waals surface area contributed by atoms with Gasteiger partial charge in [-0.1, -0.05) is 42.5 Å². The van der Waals surface area contributed by atoms with Gasteiger partial charge in [0.2, 0.25) is 11.7 Å². The molecule has 0 N–H and O–H groups in total. The number of hydrogen-bond donors (Lipinski definition) is 0. The minimum absolute atomic E-state index is 0.0274. The molecule has 0 saturated carbocycles. The van der Waals surface area contributed by atoms with E-state index in [1.54, 1.807) is 7.05 Å². The minimum Gasteiger partial charge on any atom is -0.340 e. The largest absolute Gasteiger partial charge is 0.416 e. The van der Waals surface area contributed by atoms with Gasteiger partial charge in [-0.05, 0) is 22.9 Å². The van der Waals surface area contributed by atoms with Crippen LogP contribution in [0.3, 0.4) is 0 Å². The van der Waals surface area contributed by atoms with Gasteiger partial charge in [0.05, 0.1) is 5.56 Å². The topological polar surface area (TPSA) is 63.9 Å². The van der Waals surface area contributed by atoms with Gasteiger partial charge in [-0.25, -0.2) is 0 Å². The van der Waals surface area contributed by atoms with Crippen molar-refractivity contribution >= 4 is 5.91 Å². The summed E-state index contributed by atoms with van der Waals surface area (Å²) in [6.07, 6.45) is -4.46. The highest BCUT2D eigenvalue weighted by atomic mass is 19.4. The number of alkyl halides is 3. The Morgan fingerprint density at radius 3 is 2.56 bits per heavy atom. The lowest BCUT2D eigenvalue weighted by molar-refractivity contribution is -0.137.